The number of hydrogen-bond donors (Lipinski definition) is 3. The number of benzene rings is 1. The maximum absolute atomic E-state index is 12.4. The maximum atomic E-state index is 12.4. The summed E-state index contributed by atoms with van der Waals surface area (Å²) in [6.45, 7) is 4.64. The molecule has 0 saturated heterocycles. The molecule has 0 aliphatic carbocycles. The largest absolute Gasteiger partial charge is 0.481 e. The number of aryl methyl sites for hydroxylation is 1. The van der Waals surface area contributed by atoms with E-state index < -0.39 is 0 Å². The molecular formula is C20H22N6O2. The van der Waals surface area contributed by atoms with Gasteiger partial charge in [-0.3, -0.25) is 4.79 Å². The first-order chi connectivity index (χ1) is 13.6. The minimum absolute atomic E-state index is 0.233. The molecule has 0 aliphatic rings. The van der Waals surface area contributed by atoms with Crippen LogP contribution in [0.4, 0.5) is 23.0 Å². The van der Waals surface area contributed by atoms with Crippen LogP contribution in [0, 0.1) is 6.92 Å². The van der Waals surface area contributed by atoms with Crippen molar-refractivity contribution in [2.24, 2.45) is 0 Å². The van der Waals surface area contributed by atoms with E-state index in [2.05, 4.69) is 30.9 Å². The number of ether oxygens (including phenoxy) is 1. The van der Waals surface area contributed by atoms with Gasteiger partial charge >= 0.3 is 0 Å². The summed E-state index contributed by atoms with van der Waals surface area (Å²) in [7, 11) is 1.51. The number of carbonyl (C=O) groups excluding carboxylic acids is 1. The summed E-state index contributed by atoms with van der Waals surface area (Å²) >= 11 is 0. The van der Waals surface area contributed by atoms with Crippen LogP contribution in [0.1, 0.15) is 23.1 Å². The van der Waals surface area contributed by atoms with Crippen LogP contribution < -0.4 is 20.7 Å². The van der Waals surface area contributed by atoms with E-state index in [1.807, 2.05) is 44.2 Å². The molecule has 0 fully saturated rings. The van der Waals surface area contributed by atoms with Crippen molar-refractivity contribution in [3.63, 3.8) is 0 Å². The molecule has 144 valence electrons. The number of methoxy groups -OCH3 is 1. The molecular weight excluding hydrogens is 356 g/mol. The number of amides is 1. The molecule has 0 spiro atoms. The van der Waals surface area contributed by atoms with Gasteiger partial charge in [0.2, 0.25) is 5.88 Å². The highest BCUT2D eigenvalue weighted by molar-refractivity contribution is 6.04. The van der Waals surface area contributed by atoms with Gasteiger partial charge in [-0.05, 0) is 44.2 Å². The van der Waals surface area contributed by atoms with Crippen molar-refractivity contribution in [3.8, 4) is 5.88 Å². The number of carbonyl (C=O) groups is 1. The number of hydrogen-bond acceptors (Lipinski definition) is 7. The predicted octanol–water partition coefficient (Wildman–Crippen LogP) is 3.62. The quantitative estimate of drug-likeness (QED) is 0.577. The van der Waals surface area contributed by atoms with Crippen molar-refractivity contribution >= 4 is 28.9 Å². The number of nitrogens with one attached hydrogen (secondary N) is 3. The van der Waals surface area contributed by atoms with Gasteiger partial charge in [0.05, 0.1) is 7.11 Å². The molecule has 28 heavy (non-hydrogen) atoms. The summed E-state index contributed by atoms with van der Waals surface area (Å²) in [4.78, 5) is 25.1. The fourth-order valence-corrected chi connectivity index (χ4v) is 2.55. The number of rotatable bonds is 7. The van der Waals surface area contributed by atoms with Crippen LogP contribution in [-0.2, 0) is 0 Å². The van der Waals surface area contributed by atoms with E-state index in [9.17, 15) is 4.79 Å². The molecule has 0 atom stereocenters. The van der Waals surface area contributed by atoms with Gasteiger partial charge in [-0.1, -0.05) is 0 Å². The highest BCUT2D eigenvalue weighted by atomic mass is 16.5. The van der Waals surface area contributed by atoms with Gasteiger partial charge in [0.15, 0.2) is 0 Å². The van der Waals surface area contributed by atoms with Gasteiger partial charge < -0.3 is 20.7 Å². The smallest absolute Gasteiger partial charge is 0.255 e. The fourth-order valence-electron chi connectivity index (χ4n) is 2.55. The van der Waals surface area contributed by atoms with Crippen LogP contribution in [0.2, 0.25) is 0 Å². The minimum Gasteiger partial charge on any atom is -0.481 e. The molecule has 2 heterocycles. The van der Waals surface area contributed by atoms with Gasteiger partial charge in [0.1, 0.15) is 17.5 Å². The van der Waals surface area contributed by atoms with E-state index in [4.69, 9.17) is 4.74 Å². The standard InChI is InChI=1S/C20H22N6O2/c1-4-21-17-12-18(24-13(2)23-17)25-15-5-7-16(8-6-15)26-20(27)14-9-10-22-19(11-14)28-3/h5-12H,4H2,1-3H3,(H,26,27)(H2,21,23,24,25). The Bertz CT molecular complexity index is 959. The van der Waals surface area contributed by atoms with Crippen LogP contribution in [0.3, 0.4) is 0 Å². The molecule has 0 bridgehead atoms. The second kappa shape index (κ2) is 8.81. The van der Waals surface area contributed by atoms with Crippen molar-refractivity contribution in [2.45, 2.75) is 13.8 Å². The van der Waals surface area contributed by atoms with Crippen LogP contribution in [-0.4, -0.2) is 34.5 Å². The first kappa shape index (κ1) is 19.1. The number of nitrogens with zero attached hydrogens (tertiary/aromatic N) is 3. The van der Waals surface area contributed by atoms with Crippen LogP contribution in [0.15, 0.2) is 48.7 Å². The Morgan fingerprint density at radius 3 is 2.46 bits per heavy atom. The van der Waals surface area contributed by atoms with E-state index in [-0.39, 0.29) is 5.91 Å². The maximum Gasteiger partial charge on any atom is 0.255 e. The Balaban J connectivity index is 1.67. The first-order valence-corrected chi connectivity index (χ1v) is 8.85. The average Bonchev–Trinajstić information content (AvgIpc) is 2.69. The zero-order valence-electron chi connectivity index (χ0n) is 16.0. The van der Waals surface area contributed by atoms with Crippen molar-refractivity contribution in [2.75, 3.05) is 29.6 Å². The molecule has 3 N–H and O–H groups in total. The lowest BCUT2D eigenvalue weighted by atomic mass is 10.2. The monoisotopic (exact) mass is 378 g/mol. The van der Waals surface area contributed by atoms with Crippen molar-refractivity contribution in [3.05, 3.63) is 60.0 Å². The molecule has 1 aromatic carbocycles. The van der Waals surface area contributed by atoms with Crippen molar-refractivity contribution in [1.29, 1.82) is 0 Å². The molecule has 0 aliphatic heterocycles. The lowest BCUT2D eigenvalue weighted by Crippen LogP contribution is -2.12. The summed E-state index contributed by atoms with van der Waals surface area (Å²) in [6.07, 6.45) is 1.53. The van der Waals surface area contributed by atoms with E-state index in [0.29, 0.717) is 28.8 Å². The lowest BCUT2D eigenvalue weighted by Gasteiger charge is -2.10. The molecule has 8 nitrogen and oxygen atoms in total. The number of anilines is 4. The Morgan fingerprint density at radius 1 is 1.04 bits per heavy atom. The molecule has 1 amide bonds. The van der Waals surface area contributed by atoms with Crippen molar-refractivity contribution < 1.29 is 9.53 Å². The normalized spacial score (nSPS) is 10.2. The van der Waals surface area contributed by atoms with E-state index in [1.54, 1.807) is 12.1 Å². The highest BCUT2D eigenvalue weighted by Crippen LogP contribution is 2.20. The molecule has 3 rings (SSSR count). The van der Waals surface area contributed by atoms with Gasteiger partial charge in [-0.25, -0.2) is 15.0 Å². The number of pyridine rings is 1. The minimum atomic E-state index is -0.233. The topological polar surface area (TPSA) is 101 Å². The first-order valence-electron chi connectivity index (χ1n) is 8.85. The SMILES string of the molecule is CCNc1cc(Nc2ccc(NC(=O)c3ccnc(OC)c3)cc2)nc(C)n1. The molecule has 0 unspecified atom stereocenters. The van der Waals surface area contributed by atoms with Gasteiger partial charge in [-0.15, -0.1) is 0 Å². The van der Waals surface area contributed by atoms with Crippen LogP contribution >= 0.6 is 0 Å². The fraction of sp³-hybridized carbons (Fsp3) is 0.200. The molecule has 3 aromatic rings. The van der Waals surface area contributed by atoms with Crippen molar-refractivity contribution in [1.82, 2.24) is 15.0 Å². The summed E-state index contributed by atoms with van der Waals surface area (Å²) in [5.74, 6) is 2.31. The second-order valence-corrected chi connectivity index (χ2v) is 5.96. The third kappa shape index (κ3) is 4.94. The predicted molar refractivity (Wildman–Crippen MR) is 109 cm³/mol. The Labute approximate surface area is 163 Å². The molecule has 2 aromatic heterocycles. The van der Waals surface area contributed by atoms with Crippen LogP contribution in [0.5, 0.6) is 5.88 Å². The average molecular weight is 378 g/mol. The summed E-state index contributed by atoms with van der Waals surface area (Å²) < 4.78 is 5.05. The number of aromatic nitrogens is 3. The van der Waals surface area contributed by atoms with E-state index >= 15 is 0 Å². The van der Waals surface area contributed by atoms with E-state index in [1.165, 1.54) is 13.3 Å². The highest BCUT2D eigenvalue weighted by Gasteiger charge is 2.08. The van der Waals surface area contributed by atoms with Gasteiger partial charge in [0, 0.05) is 41.8 Å². The molecule has 0 saturated carbocycles. The van der Waals surface area contributed by atoms with Gasteiger partial charge in [0.25, 0.3) is 5.91 Å². The van der Waals surface area contributed by atoms with Gasteiger partial charge in [-0.2, -0.15) is 0 Å². The van der Waals surface area contributed by atoms with E-state index in [0.717, 1.165) is 18.1 Å². The second-order valence-electron chi connectivity index (χ2n) is 5.96. The lowest BCUT2D eigenvalue weighted by molar-refractivity contribution is 0.102. The molecule has 0 radical (unpaired) electrons. The summed E-state index contributed by atoms with van der Waals surface area (Å²) in [6, 6.07) is 12.4. The third-order valence-corrected chi connectivity index (χ3v) is 3.82. The summed E-state index contributed by atoms with van der Waals surface area (Å²) in [5.41, 5.74) is 2.00. The molecule has 8 heteroatoms. The summed E-state index contributed by atoms with van der Waals surface area (Å²) in [5, 5.41) is 9.27. The Kier molecular flexibility index (Phi) is 6.01. The Hall–Kier alpha value is -3.68. The third-order valence-electron chi connectivity index (χ3n) is 3.82. The zero-order chi connectivity index (χ0) is 19.9. The zero-order valence-corrected chi connectivity index (χ0v) is 16.0. The Morgan fingerprint density at radius 2 is 1.75 bits per heavy atom. The van der Waals surface area contributed by atoms with Crippen LogP contribution in [0.25, 0.3) is 0 Å².